The van der Waals surface area contributed by atoms with Gasteiger partial charge in [-0.05, 0) is 12.1 Å². The van der Waals surface area contributed by atoms with E-state index < -0.39 is 10.0 Å². The quantitative estimate of drug-likeness (QED) is 0.858. The normalized spacial score (nSPS) is 15.6. The number of anilines is 2. The van der Waals surface area contributed by atoms with E-state index in [4.69, 9.17) is 10.5 Å². The number of aromatic nitrogens is 2. The van der Waals surface area contributed by atoms with E-state index in [0.29, 0.717) is 18.9 Å². The van der Waals surface area contributed by atoms with Gasteiger partial charge in [-0.1, -0.05) is 12.1 Å². The number of ether oxygens (including phenoxy) is 1. The van der Waals surface area contributed by atoms with Crippen LogP contribution in [0.4, 0.5) is 11.8 Å². The molecule has 8 nitrogen and oxygen atoms in total. The van der Waals surface area contributed by atoms with Crippen LogP contribution in [0.25, 0.3) is 11.3 Å². The van der Waals surface area contributed by atoms with Crippen LogP contribution in [0.5, 0.6) is 0 Å². The predicted octanol–water partition coefficient (Wildman–Crippen LogP) is 0.813. The van der Waals surface area contributed by atoms with Crippen molar-refractivity contribution in [3.05, 3.63) is 30.3 Å². The highest BCUT2D eigenvalue weighted by Gasteiger charge is 2.18. The third-order valence-corrected chi connectivity index (χ3v) is 5.82. The molecule has 1 aliphatic heterocycles. The number of hydrogen-bond donors (Lipinski definition) is 1. The lowest BCUT2D eigenvalue weighted by molar-refractivity contribution is 0.122. The standard InChI is InChI=1S/C16H21N5O3S/c1-20(2)25(22,23)13-5-3-12(4-6-13)14-11-15(19-16(17)18-14)21-7-9-24-10-8-21/h3-6,11H,7-10H2,1-2H3,(H2,17,18,19). The second kappa shape index (κ2) is 6.95. The number of sulfonamides is 1. The van der Waals surface area contributed by atoms with Crippen molar-refractivity contribution in [2.45, 2.75) is 4.90 Å². The maximum absolute atomic E-state index is 12.2. The third kappa shape index (κ3) is 3.73. The lowest BCUT2D eigenvalue weighted by Crippen LogP contribution is -2.36. The van der Waals surface area contributed by atoms with Crippen LogP contribution in [0, 0.1) is 0 Å². The molecule has 1 aliphatic rings. The lowest BCUT2D eigenvalue weighted by Gasteiger charge is -2.28. The zero-order chi connectivity index (χ0) is 18.0. The Balaban J connectivity index is 1.92. The summed E-state index contributed by atoms with van der Waals surface area (Å²) in [5.41, 5.74) is 7.29. The molecule has 0 aliphatic carbocycles. The van der Waals surface area contributed by atoms with Gasteiger partial charge in [0.15, 0.2) is 0 Å². The van der Waals surface area contributed by atoms with Gasteiger partial charge in [-0.15, -0.1) is 0 Å². The Labute approximate surface area is 147 Å². The minimum absolute atomic E-state index is 0.184. The summed E-state index contributed by atoms with van der Waals surface area (Å²) < 4.78 is 30.8. The smallest absolute Gasteiger partial charge is 0.242 e. The predicted molar refractivity (Wildman–Crippen MR) is 95.8 cm³/mol. The van der Waals surface area contributed by atoms with Crippen LogP contribution >= 0.6 is 0 Å². The van der Waals surface area contributed by atoms with Gasteiger partial charge in [0.2, 0.25) is 16.0 Å². The minimum atomic E-state index is -3.46. The van der Waals surface area contributed by atoms with Crippen LogP contribution in [-0.4, -0.2) is 63.1 Å². The molecular weight excluding hydrogens is 342 g/mol. The molecule has 0 saturated carbocycles. The maximum atomic E-state index is 12.2. The summed E-state index contributed by atoms with van der Waals surface area (Å²) >= 11 is 0. The number of benzene rings is 1. The van der Waals surface area contributed by atoms with Gasteiger partial charge in [-0.2, -0.15) is 4.98 Å². The van der Waals surface area contributed by atoms with E-state index >= 15 is 0 Å². The van der Waals surface area contributed by atoms with Crippen LogP contribution in [0.3, 0.4) is 0 Å². The van der Waals surface area contributed by atoms with E-state index in [-0.39, 0.29) is 10.8 Å². The van der Waals surface area contributed by atoms with E-state index in [1.54, 1.807) is 24.3 Å². The molecule has 134 valence electrons. The average Bonchev–Trinajstić information content (AvgIpc) is 2.62. The van der Waals surface area contributed by atoms with E-state index in [1.165, 1.54) is 18.4 Å². The lowest BCUT2D eigenvalue weighted by atomic mass is 10.1. The Morgan fingerprint density at radius 3 is 2.36 bits per heavy atom. The molecule has 3 rings (SSSR count). The summed E-state index contributed by atoms with van der Waals surface area (Å²) in [6, 6.07) is 8.44. The monoisotopic (exact) mass is 363 g/mol. The molecule has 25 heavy (non-hydrogen) atoms. The summed E-state index contributed by atoms with van der Waals surface area (Å²) in [7, 11) is -0.450. The molecule has 2 N–H and O–H groups in total. The highest BCUT2D eigenvalue weighted by molar-refractivity contribution is 7.89. The Hall–Kier alpha value is -2.23. The summed E-state index contributed by atoms with van der Waals surface area (Å²) in [6.07, 6.45) is 0. The highest BCUT2D eigenvalue weighted by atomic mass is 32.2. The van der Waals surface area contributed by atoms with Crippen molar-refractivity contribution < 1.29 is 13.2 Å². The Kier molecular flexibility index (Phi) is 4.89. The summed E-state index contributed by atoms with van der Waals surface area (Å²) in [6.45, 7) is 2.79. The largest absolute Gasteiger partial charge is 0.378 e. The first kappa shape index (κ1) is 17.6. The topological polar surface area (TPSA) is 102 Å². The average molecular weight is 363 g/mol. The summed E-state index contributed by atoms with van der Waals surface area (Å²) in [5, 5.41) is 0. The van der Waals surface area contributed by atoms with Crippen LogP contribution < -0.4 is 10.6 Å². The number of nitrogens with zero attached hydrogens (tertiary/aromatic N) is 4. The van der Waals surface area contributed by atoms with Gasteiger partial charge in [0.1, 0.15) is 5.82 Å². The molecule has 0 radical (unpaired) electrons. The molecule has 1 aromatic heterocycles. The van der Waals surface area contributed by atoms with Gasteiger partial charge < -0.3 is 15.4 Å². The Morgan fingerprint density at radius 2 is 1.76 bits per heavy atom. The zero-order valence-corrected chi connectivity index (χ0v) is 15.0. The number of hydrogen-bond acceptors (Lipinski definition) is 7. The number of morpholine rings is 1. The fourth-order valence-electron chi connectivity index (χ4n) is 2.56. The number of nitrogens with two attached hydrogens (primary N) is 1. The molecule has 9 heteroatoms. The van der Waals surface area contributed by atoms with Crippen molar-refractivity contribution in [3.8, 4) is 11.3 Å². The minimum Gasteiger partial charge on any atom is -0.378 e. The van der Waals surface area contributed by atoms with Crippen LogP contribution in [0.15, 0.2) is 35.2 Å². The fraction of sp³-hybridized carbons (Fsp3) is 0.375. The van der Waals surface area contributed by atoms with Crippen LogP contribution in [-0.2, 0) is 14.8 Å². The van der Waals surface area contributed by atoms with Gasteiger partial charge in [-0.3, -0.25) is 0 Å². The van der Waals surface area contributed by atoms with Gasteiger partial charge in [0, 0.05) is 38.8 Å². The molecule has 0 atom stereocenters. The first-order valence-corrected chi connectivity index (χ1v) is 9.32. The SMILES string of the molecule is CN(C)S(=O)(=O)c1ccc(-c2cc(N3CCOCC3)nc(N)n2)cc1. The van der Waals surface area contributed by atoms with Crippen molar-refractivity contribution >= 4 is 21.8 Å². The Morgan fingerprint density at radius 1 is 1.12 bits per heavy atom. The number of rotatable bonds is 4. The van der Waals surface area contributed by atoms with Gasteiger partial charge in [-0.25, -0.2) is 17.7 Å². The van der Waals surface area contributed by atoms with E-state index in [9.17, 15) is 8.42 Å². The molecule has 1 aromatic carbocycles. The van der Waals surface area contributed by atoms with Crippen molar-refractivity contribution in [1.29, 1.82) is 0 Å². The second-order valence-electron chi connectivity index (χ2n) is 5.88. The molecular formula is C16H21N5O3S. The van der Waals surface area contributed by atoms with E-state index in [0.717, 1.165) is 24.5 Å². The highest BCUT2D eigenvalue weighted by Crippen LogP contribution is 2.25. The molecule has 1 saturated heterocycles. The van der Waals surface area contributed by atoms with Gasteiger partial charge in [0.25, 0.3) is 0 Å². The molecule has 0 spiro atoms. The maximum Gasteiger partial charge on any atom is 0.242 e. The van der Waals surface area contributed by atoms with Gasteiger partial charge >= 0.3 is 0 Å². The zero-order valence-electron chi connectivity index (χ0n) is 14.2. The van der Waals surface area contributed by atoms with Crippen molar-refractivity contribution in [3.63, 3.8) is 0 Å². The molecule has 0 unspecified atom stereocenters. The molecule has 1 fully saturated rings. The summed E-state index contributed by atoms with van der Waals surface area (Å²) in [4.78, 5) is 10.9. The Bertz CT molecular complexity index is 847. The summed E-state index contributed by atoms with van der Waals surface area (Å²) in [5.74, 6) is 0.930. The van der Waals surface area contributed by atoms with Crippen molar-refractivity contribution in [1.82, 2.24) is 14.3 Å². The van der Waals surface area contributed by atoms with Gasteiger partial charge in [0.05, 0.1) is 23.8 Å². The molecule has 2 heterocycles. The molecule has 2 aromatic rings. The second-order valence-corrected chi connectivity index (χ2v) is 8.03. The van der Waals surface area contributed by atoms with E-state index in [1.807, 2.05) is 6.07 Å². The third-order valence-electron chi connectivity index (χ3n) is 3.99. The first-order valence-electron chi connectivity index (χ1n) is 7.88. The molecule has 0 bridgehead atoms. The first-order chi connectivity index (χ1) is 11.9. The number of nitrogen functional groups attached to an aromatic ring is 1. The van der Waals surface area contributed by atoms with Crippen molar-refractivity contribution in [2.24, 2.45) is 0 Å². The van der Waals surface area contributed by atoms with Crippen molar-refractivity contribution in [2.75, 3.05) is 51.0 Å². The fourth-order valence-corrected chi connectivity index (χ4v) is 3.47. The van der Waals surface area contributed by atoms with E-state index in [2.05, 4.69) is 14.9 Å². The van der Waals surface area contributed by atoms with Crippen LogP contribution in [0.2, 0.25) is 0 Å². The molecule has 0 amide bonds. The van der Waals surface area contributed by atoms with Crippen LogP contribution in [0.1, 0.15) is 0 Å².